The molecule has 8 heavy (non-hydrogen) atoms. The number of esters is 1. The summed E-state index contributed by atoms with van der Waals surface area (Å²) in [6, 6.07) is 0. The van der Waals surface area contributed by atoms with Crippen molar-refractivity contribution in [3.63, 3.8) is 0 Å². The fourth-order valence-electron chi connectivity index (χ4n) is 0.199. The van der Waals surface area contributed by atoms with Crippen LogP contribution in [0.3, 0.4) is 0 Å². The standard InChI is InChI=1S/C5H7BO2/c1-4(2)5(7)8-3-6/h1,3H2,2H3. The van der Waals surface area contributed by atoms with Crippen molar-refractivity contribution in [1.29, 1.82) is 0 Å². The van der Waals surface area contributed by atoms with E-state index in [1.54, 1.807) is 6.92 Å². The van der Waals surface area contributed by atoms with Gasteiger partial charge in [0, 0.05) is 12.1 Å². The molecule has 0 aromatic carbocycles. The zero-order chi connectivity index (χ0) is 6.57. The summed E-state index contributed by atoms with van der Waals surface area (Å²) in [5.74, 6) is -0.438. The van der Waals surface area contributed by atoms with Crippen LogP contribution in [0.2, 0.25) is 0 Å². The van der Waals surface area contributed by atoms with E-state index in [1.807, 2.05) is 0 Å². The summed E-state index contributed by atoms with van der Waals surface area (Å²) in [6.45, 7) is 4.83. The van der Waals surface area contributed by atoms with Gasteiger partial charge >= 0.3 is 5.97 Å². The number of carbonyl (C=O) groups is 1. The lowest BCUT2D eigenvalue weighted by Gasteiger charge is -1.97. The molecule has 0 saturated heterocycles. The molecule has 0 atom stereocenters. The Balaban J connectivity index is 3.49. The van der Waals surface area contributed by atoms with Crippen molar-refractivity contribution in [2.45, 2.75) is 6.92 Å². The highest BCUT2D eigenvalue weighted by Crippen LogP contribution is 1.88. The second-order valence-electron chi connectivity index (χ2n) is 1.38. The quantitative estimate of drug-likeness (QED) is 0.289. The molecule has 0 rings (SSSR count). The summed E-state index contributed by atoms with van der Waals surface area (Å²) in [5, 5.41) is 0. The van der Waals surface area contributed by atoms with Crippen LogP contribution in [-0.4, -0.2) is 20.3 Å². The van der Waals surface area contributed by atoms with Crippen molar-refractivity contribution in [3.05, 3.63) is 12.2 Å². The van der Waals surface area contributed by atoms with Crippen LogP contribution in [0, 0.1) is 0 Å². The number of rotatable bonds is 2. The van der Waals surface area contributed by atoms with Gasteiger partial charge in [-0.3, -0.25) is 0 Å². The Morgan fingerprint density at radius 1 is 1.88 bits per heavy atom. The predicted molar refractivity (Wildman–Crippen MR) is 31.5 cm³/mol. The van der Waals surface area contributed by atoms with Gasteiger partial charge < -0.3 is 4.74 Å². The minimum atomic E-state index is -0.438. The normalized spacial score (nSPS) is 8.12. The van der Waals surface area contributed by atoms with Crippen molar-refractivity contribution in [1.82, 2.24) is 0 Å². The fourth-order valence-corrected chi connectivity index (χ4v) is 0.199. The third-order valence-corrected chi connectivity index (χ3v) is 0.563. The maximum Gasteiger partial charge on any atom is 0.332 e. The van der Waals surface area contributed by atoms with Gasteiger partial charge in [-0.2, -0.15) is 0 Å². The summed E-state index contributed by atoms with van der Waals surface area (Å²) < 4.78 is 4.34. The van der Waals surface area contributed by atoms with Crippen molar-refractivity contribution >= 4 is 13.8 Å². The van der Waals surface area contributed by atoms with Crippen molar-refractivity contribution in [2.75, 3.05) is 6.51 Å². The molecule has 0 aliphatic carbocycles. The topological polar surface area (TPSA) is 26.3 Å². The summed E-state index contributed by atoms with van der Waals surface area (Å²) in [6.07, 6.45) is 0. The van der Waals surface area contributed by atoms with Gasteiger partial charge in [-0.05, 0) is 6.92 Å². The van der Waals surface area contributed by atoms with E-state index in [0.29, 0.717) is 5.57 Å². The van der Waals surface area contributed by atoms with Crippen LogP contribution in [0.4, 0.5) is 0 Å². The van der Waals surface area contributed by atoms with Crippen LogP contribution >= 0.6 is 0 Å². The molecule has 0 amide bonds. The number of ether oxygens (including phenoxy) is 1. The summed E-state index contributed by atoms with van der Waals surface area (Å²) in [5.41, 5.74) is 0.371. The Kier molecular flexibility index (Phi) is 3.00. The SMILES string of the molecule is [B]COC(=O)C(=C)C. The molecular weight excluding hydrogens is 103 g/mol. The summed E-state index contributed by atoms with van der Waals surface area (Å²) in [4.78, 5) is 10.3. The van der Waals surface area contributed by atoms with E-state index in [4.69, 9.17) is 7.85 Å². The van der Waals surface area contributed by atoms with Crippen LogP contribution < -0.4 is 0 Å². The van der Waals surface area contributed by atoms with Crippen molar-refractivity contribution in [2.24, 2.45) is 0 Å². The molecular formula is C5H7BO2. The fraction of sp³-hybridized carbons (Fsp3) is 0.400. The zero-order valence-electron chi connectivity index (χ0n) is 4.81. The molecule has 0 fully saturated rings. The second-order valence-corrected chi connectivity index (χ2v) is 1.38. The highest BCUT2D eigenvalue weighted by Gasteiger charge is 1.97. The lowest BCUT2D eigenvalue weighted by molar-refractivity contribution is -0.136. The maximum atomic E-state index is 10.3. The molecule has 0 heterocycles. The molecule has 0 aromatic heterocycles. The van der Waals surface area contributed by atoms with Crippen LogP contribution in [0.25, 0.3) is 0 Å². The smallest absolute Gasteiger partial charge is 0.332 e. The lowest BCUT2D eigenvalue weighted by Crippen LogP contribution is -2.05. The van der Waals surface area contributed by atoms with E-state index in [2.05, 4.69) is 11.3 Å². The molecule has 0 aliphatic rings. The number of carbonyl (C=O) groups excluding carboxylic acids is 1. The molecule has 0 aliphatic heterocycles. The molecule has 0 N–H and O–H groups in total. The maximum absolute atomic E-state index is 10.3. The Morgan fingerprint density at radius 3 is 2.50 bits per heavy atom. The highest BCUT2D eigenvalue weighted by atomic mass is 16.5. The summed E-state index contributed by atoms with van der Waals surface area (Å²) in [7, 11) is 4.88. The van der Waals surface area contributed by atoms with Gasteiger partial charge in [-0.25, -0.2) is 4.79 Å². The van der Waals surface area contributed by atoms with Gasteiger partial charge in [0.25, 0.3) is 0 Å². The third-order valence-electron chi connectivity index (χ3n) is 0.563. The van der Waals surface area contributed by atoms with Crippen LogP contribution in [0.15, 0.2) is 12.2 Å². The first kappa shape index (κ1) is 7.27. The Morgan fingerprint density at radius 2 is 2.38 bits per heavy atom. The monoisotopic (exact) mass is 110 g/mol. The molecule has 0 saturated carbocycles. The average Bonchev–Trinajstić information content (AvgIpc) is 1.67. The lowest BCUT2D eigenvalue weighted by atomic mass is 10.2. The van der Waals surface area contributed by atoms with E-state index < -0.39 is 5.97 Å². The number of hydrogen-bond donors (Lipinski definition) is 0. The molecule has 0 bridgehead atoms. The van der Waals surface area contributed by atoms with Crippen molar-refractivity contribution in [3.8, 4) is 0 Å². The van der Waals surface area contributed by atoms with Crippen LogP contribution in [-0.2, 0) is 9.53 Å². The Labute approximate surface area is 49.9 Å². The first-order valence-corrected chi connectivity index (χ1v) is 2.21. The van der Waals surface area contributed by atoms with Gasteiger partial charge in [-0.15, -0.1) is 0 Å². The zero-order valence-corrected chi connectivity index (χ0v) is 4.81. The molecule has 3 heteroatoms. The number of hydrogen-bond acceptors (Lipinski definition) is 2. The van der Waals surface area contributed by atoms with Gasteiger partial charge in [0.15, 0.2) is 0 Å². The van der Waals surface area contributed by atoms with E-state index in [0.717, 1.165) is 0 Å². The largest absolute Gasteiger partial charge is 0.473 e. The van der Waals surface area contributed by atoms with Crippen molar-refractivity contribution < 1.29 is 9.53 Å². The van der Waals surface area contributed by atoms with Gasteiger partial charge in [0.05, 0.1) is 0 Å². The molecule has 0 aromatic rings. The summed E-state index contributed by atoms with van der Waals surface area (Å²) >= 11 is 0. The first-order valence-electron chi connectivity index (χ1n) is 2.21. The first-order chi connectivity index (χ1) is 3.68. The van der Waals surface area contributed by atoms with Gasteiger partial charge in [-0.1, -0.05) is 6.58 Å². The molecule has 0 spiro atoms. The average molecular weight is 110 g/mol. The van der Waals surface area contributed by atoms with E-state index in [-0.39, 0.29) is 6.51 Å². The molecule has 42 valence electrons. The highest BCUT2D eigenvalue weighted by molar-refractivity contribution is 6.09. The van der Waals surface area contributed by atoms with Gasteiger partial charge in [0.1, 0.15) is 7.85 Å². The van der Waals surface area contributed by atoms with Crippen LogP contribution in [0.1, 0.15) is 6.92 Å². The minimum Gasteiger partial charge on any atom is -0.473 e. The minimum absolute atomic E-state index is 0.0777. The van der Waals surface area contributed by atoms with Crippen LogP contribution in [0.5, 0.6) is 0 Å². The molecule has 0 unspecified atom stereocenters. The predicted octanol–water partition coefficient (Wildman–Crippen LogP) is 0.232. The third kappa shape index (κ3) is 2.45. The molecule has 2 radical (unpaired) electrons. The Bertz CT molecular complexity index is 109. The second kappa shape index (κ2) is 3.30. The molecule has 2 nitrogen and oxygen atoms in total. The Hall–Kier alpha value is -0.725. The van der Waals surface area contributed by atoms with Gasteiger partial charge in [0.2, 0.25) is 0 Å². The van der Waals surface area contributed by atoms with E-state index in [1.165, 1.54) is 0 Å². The van der Waals surface area contributed by atoms with E-state index >= 15 is 0 Å². The van der Waals surface area contributed by atoms with E-state index in [9.17, 15) is 4.79 Å².